The quantitative estimate of drug-likeness (QED) is 0.615. The number of halogens is 2. The summed E-state index contributed by atoms with van der Waals surface area (Å²) >= 11 is 0. The molecule has 0 radical (unpaired) electrons. The number of hydrogen-bond acceptors (Lipinski definition) is 3. The average molecular weight is 203 g/mol. The fraction of sp³-hybridized carbons (Fsp3) is 1.00. The highest BCUT2D eigenvalue weighted by molar-refractivity contribution is 5.85. The maximum absolute atomic E-state index is 9.26. The maximum Gasteiger partial charge on any atom is 0.0831 e. The molecule has 1 heterocycles. The number of aliphatic hydroxyl groups is 1. The van der Waals surface area contributed by atoms with Crippen LogP contribution in [0.2, 0.25) is 0 Å². The second-order valence-corrected chi connectivity index (χ2v) is 2.76. The summed E-state index contributed by atoms with van der Waals surface area (Å²) in [7, 11) is 3.97. The number of aliphatic hydroxyl groups excluding tert-OH is 1. The minimum Gasteiger partial charge on any atom is -0.390 e. The Hall–Kier alpha value is 0.460. The molecule has 0 spiro atoms. The SMILES string of the molecule is CN(C)[C@@H]1CNC[C@H]1O.Cl.Cl. The van der Waals surface area contributed by atoms with Crippen LogP contribution in [0.3, 0.4) is 0 Å². The lowest BCUT2D eigenvalue weighted by Crippen LogP contribution is -2.37. The molecule has 0 aromatic carbocycles. The van der Waals surface area contributed by atoms with Gasteiger partial charge in [0.15, 0.2) is 0 Å². The predicted octanol–water partition coefficient (Wildman–Crippen LogP) is -0.276. The first-order valence-electron chi connectivity index (χ1n) is 3.27. The van der Waals surface area contributed by atoms with Crippen LogP contribution in [0.1, 0.15) is 0 Å². The molecule has 0 amide bonds. The van der Waals surface area contributed by atoms with E-state index in [1.807, 2.05) is 19.0 Å². The monoisotopic (exact) mass is 202 g/mol. The number of nitrogens with one attached hydrogen (secondary N) is 1. The summed E-state index contributed by atoms with van der Waals surface area (Å²) in [6.45, 7) is 1.65. The maximum atomic E-state index is 9.26. The molecule has 70 valence electrons. The van der Waals surface area contributed by atoms with Gasteiger partial charge in [-0.3, -0.25) is 0 Å². The van der Waals surface area contributed by atoms with Gasteiger partial charge in [0.2, 0.25) is 0 Å². The largest absolute Gasteiger partial charge is 0.390 e. The van der Waals surface area contributed by atoms with Crippen LogP contribution in [0.25, 0.3) is 0 Å². The summed E-state index contributed by atoms with van der Waals surface area (Å²) < 4.78 is 0. The average Bonchev–Trinajstić information content (AvgIpc) is 2.13. The Morgan fingerprint density at radius 1 is 1.27 bits per heavy atom. The van der Waals surface area contributed by atoms with Gasteiger partial charge in [-0.1, -0.05) is 0 Å². The number of hydrogen-bond donors (Lipinski definition) is 2. The van der Waals surface area contributed by atoms with Crippen LogP contribution in [-0.4, -0.2) is 49.3 Å². The zero-order valence-corrected chi connectivity index (χ0v) is 8.41. The molecule has 1 fully saturated rings. The van der Waals surface area contributed by atoms with Gasteiger partial charge in [0.25, 0.3) is 0 Å². The van der Waals surface area contributed by atoms with E-state index in [-0.39, 0.29) is 30.9 Å². The minimum absolute atomic E-state index is 0. The van der Waals surface area contributed by atoms with E-state index >= 15 is 0 Å². The van der Waals surface area contributed by atoms with Crippen molar-refractivity contribution in [2.75, 3.05) is 27.2 Å². The molecule has 0 aromatic heterocycles. The van der Waals surface area contributed by atoms with Crippen molar-refractivity contribution in [2.24, 2.45) is 0 Å². The second kappa shape index (κ2) is 6.03. The van der Waals surface area contributed by atoms with E-state index in [2.05, 4.69) is 5.32 Å². The number of rotatable bonds is 1. The minimum atomic E-state index is -0.181. The molecule has 0 aliphatic carbocycles. The molecule has 0 saturated carbocycles. The fourth-order valence-corrected chi connectivity index (χ4v) is 1.18. The molecule has 0 bridgehead atoms. The van der Waals surface area contributed by atoms with Gasteiger partial charge < -0.3 is 15.3 Å². The third kappa shape index (κ3) is 3.58. The number of nitrogens with zero attached hydrogens (tertiary/aromatic N) is 1. The van der Waals surface area contributed by atoms with Crippen molar-refractivity contribution in [1.29, 1.82) is 0 Å². The first-order chi connectivity index (χ1) is 4.22. The van der Waals surface area contributed by atoms with Crippen molar-refractivity contribution < 1.29 is 5.11 Å². The Morgan fingerprint density at radius 2 is 1.82 bits per heavy atom. The summed E-state index contributed by atoms with van der Waals surface area (Å²) in [5, 5.41) is 12.4. The van der Waals surface area contributed by atoms with Crippen molar-refractivity contribution in [3.8, 4) is 0 Å². The molecule has 1 aliphatic heterocycles. The first-order valence-corrected chi connectivity index (χ1v) is 3.27. The summed E-state index contributed by atoms with van der Waals surface area (Å²) in [5.74, 6) is 0. The van der Waals surface area contributed by atoms with Gasteiger partial charge in [0.05, 0.1) is 6.10 Å². The molecule has 11 heavy (non-hydrogen) atoms. The predicted molar refractivity (Wildman–Crippen MR) is 50.8 cm³/mol. The van der Waals surface area contributed by atoms with Gasteiger partial charge in [-0.15, -0.1) is 24.8 Å². The molecule has 3 nitrogen and oxygen atoms in total. The van der Waals surface area contributed by atoms with Crippen LogP contribution in [-0.2, 0) is 0 Å². The molecule has 1 rings (SSSR count). The fourth-order valence-electron chi connectivity index (χ4n) is 1.18. The molecule has 0 aromatic rings. The molecule has 5 heteroatoms. The number of β-amino-alcohol motifs (C(OH)–C–C–N with tert-alkyl or cyclic N) is 1. The van der Waals surface area contributed by atoms with Crippen molar-refractivity contribution in [1.82, 2.24) is 10.2 Å². The number of likely N-dealkylation sites (N-methyl/N-ethyl adjacent to an activating group) is 1. The summed E-state index contributed by atoms with van der Waals surface area (Å²) in [5.41, 5.74) is 0. The van der Waals surface area contributed by atoms with Gasteiger partial charge in [-0.2, -0.15) is 0 Å². The van der Waals surface area contributed by atoms with E-state index < -0.39 is 0 Å². The highest BCUT2D eigenvalue weighted by Gasteiger charge is 2.25. The first kappa shape index (κ1) is 14.0. The highest BCUT2D eigenvalue weighted by Crippen LogP contribution is 2.03. The van der Waals surface area contributed by atoms with Crippen LogP contribution in [0.4, 0.5) is 0 Å². The Morgan fingerprint density at radius 3 is 2.00 bits per heavy atom. The standard InChI is InChI=1S/C6H14N2O.2ClH/c1-8(2)5-3-7-4-6(5)9;;/h5-7,9H,3-4H2,1-2H3;2*1H/t5-,6-;;/m1../s1. The van der Waals surface area contributed by atoms with Crippen molar-refractivity contribution in [2.45, 2.75) is 12.1 Å². The van der Waals surface area contributed by atoms with Crippen molar-refractivity contribution >= 4 is 24.8 Å². The lowest BCUT2D eigenvalue weighted by molar-refractivity contribution is 0.114. The van der Waals surface area contributed by atoms with E-state index in [0.29, 0.717) is 6.04 Å². The third-order valence-electron chi connectivity index (χ3n) is 1.81. The zero-order valence-electron chi connectivity index (χ0n) is 6.78. The molecular formula is C6H16Cl2N2O. The summed E-state index contributed by atoms with van der Waals surface area (Å²) in [4.78, 5) is 2.05. The van der Waals surface area contributed by atoms with E-state index in [0.717, 1.165) is 13.1 Å². The van der Waals surface area contributed by atoms with Crippen LogP contribution in [0, 0.1) is 0 Å². The highest BCUT2D eigenvalue weighted by atomic mass is 35.5. The lowest BCUT2D eigenvalue weighted by Gasteiger charge is -2.20. The van der Waals surface area contributed by atoms with Gasteiger partial charge in [0.1, 0.15) is 0 Å². The Balaban J connectivity index is 0. The van der Waals surface area contributed by atoms with E-state index in [9.17, 15) is 5.11 Å². The Bertz CT molecular complexity index is 103. The summed E-state index contributed by atoms with van der Waals surface area (Å²) in [6, 6.07) is 0.310. The Labute approximate surface area is 80.0 Å². The normalized spacial score (nSPS) is 29.5. The van der Waals surface area contributed by atoms with Gasteiger partial charge in [-0.25, -0.2) is 0 Å². The summed E-state index contributed by atoms with van der Waals surface area (Å²) in [6.07, 6.45) is -0.181. The van der Waals surface area contributed by atoms with Crippen LogP contribution in [0.15, 0.2) is 0 Å². The molecule has 0 unspecified atom stereocenters. The van der Waals surface area contributed by atoms with Gasteiger partial charge in [-0.05, 0) is 14.1 Å². The molecule has 1 saturated heterocycles. The third-order valence-corrected chi connectivity index (χ3v) is 1.81. The molecular weight excluding hydrogens is 187 g/mol. The molecule has 2 atom stereocenters. The zero-order chi connectivity index (χ0) is 6.85. The molecule has 1 aliphatic rings. The smallest absolute Gasteiger partial charge is 0.0831 e. The van der Waals surface area contributed by atoms with Crippen molar-refractivity contribution in [3.05, 3.63) is 0 Å². The van der Waals surface area contributed by atoms with Gasteiger partial charge in [0, 0.05) is 19.1 Å². The molecule has 2 N–H and O–H groups in total. The van der Waals surface area contributed by atoms with Gasteiger partial charge >= 0.3 is 0 Å². The van der Waals surface area contributed by atoms with Crippen LogP contribution in [0.5, 0.6) is 0 Å². The van der Waals surface area contributed by atoms with Crippen LogP contribution < -0.4 is 5.32 Å². The van der Waals surface area contributed by atoms with E-state index in [1.54, 1.807) is 0 Å². The second-order valence-electron chi connectivity index (χ2n) is 2.76. The topological polar surface area (TPSA) is 35.5 Å². The van der Waals surface area contributed by atoms with E-state index in [1.165, 1.54) is 0 Å². The van der Waals surface area contributed by atoms with Crippen LogP contribution >= 0.6 is 24.8 Å². The van der Waals surface area contributed by atoms with Crippen molar-refractivity contribution in [3.63, 3.8) is 0 Å². The van der Waals surface area contributed by atoms with E-state index in [4.69, 9.17) is 0 Å². The lowest BCUT2D eigenvalue weighted by atomic mass is 10.2. The Kier molecular flexibility index (Phi) is 7.68.